The molecule has 2 amide bonds. The van der Waals surface area contributed by atoms with Gasteiger partial charge in [0, 0.05) is 13.1 Å². The number of amides is 2. The number of nitrogens with one attached hydrogen (secondary N) is 1. The normalized spacial score (nSPS) is 16.6. The number of hydrogen-bond donors (Lipinski definition) is 1. The highest BCUT2D eigenvalue weighted by Gasteiger charge is 2.24. The van der Waals surface area contributed by atoms with Crippen LogP contribution in [0.1, 0.15) is 17.3 Å². The summed E-state index contributed by atoms with van der Waals surface area (Å²) in [5, 5.41) is 3.05. The van der Waals surface area contributed by atoms with Crippen molar-refractivity contribution in [2.75, 3.05) is 26.3 Å². The molecule has 0 aliphatic carbocycles. The van der Waals surface area contributed by atoms with Crippen LogP contribution < -0.4 is 5.32 Å². The Hall–Kier alpha value is -1.59. The Bertz CT molecular complexity index is 501. The minimum atomic E-state index is -0.586. The van der Waals surface area contributed by atoms with E-state index in [-0.39, 0.29) is 11.8 Å². The second kappa shape index (κ2) is 6.72. The number of rotatable bonds is 3. The third-order valence-corrected chi connectivity index (χ3v) is 3.49. The van der Waals surface area contributed by atoms with Crippen molar-refractivity contribution in [3.63, 3.8) is 0 Å². The lowest BCUT2D eigenvalue weighted by Crippen LogP contribution is -2.50. The van der Waals surface area contributed by atoms with Crippen LogP contribution in [0.15, 0.2) is 24.3 Å². The minimum Gasteiger partial charge on any atom is -0.378 e. The summed E-state index contributed by atoms with van der Waals surface area (Å²) in [6.07, 6.45) is 0. The molecule has 1 aliphatic rings. The van der Waals surface area contributed by atoms with Crippen molar-refractivity contribution >= 4 is 23.4 Å². The van der Waals surface area contributed by atoms with E-state index in [0.717, 1.165) is 0 Å². The molecule has 1 aromatic rings. The number of halogens is 1. The lowest BCUT2D eigenvalue weighted by molar-refractivity contribution is -0.136. The molecule has 5 nitrogen and oxygen atoms in total. The minimum absolute atomic E-state index is 0.103. The molecule has 0 radical (unpaired) electrons. The topological polar surface area (TPSA) is 58.6 Å². The van der Waals surface area contributed by atoms with Crippen LogP contribution in [0.3, 0.4) is 0 Å². The van der Waals surface area contributed by atoms with Crippen LogP contribution in [0.25, 0.3) is 0 Å². The molecule has 1 atom stereocenters. The summed E-state index contributed by atoms with van der Waals surface area (Å²) >= 11 is 5.96. The maximum Gasteiger partial charge on any atom is 0.253 e. The monoisotopic (exact) mass is 296 g/mol. The smallest absolute Gasteiger partial charge is 0.253 e. The number of benzene rings is 1. The molecule has 6 heteroatoms. The van der Waals surface area contributed by atoms with Crippen LogP contribution in [0.2, 0.25) is 5.02 Å². The SMILES string of the molecule is C[C@H](NC(=O)c1ccccc1Cl)C(=O)N1CCOCC1. The first-order valence-corrected chi connectivity index (χ1v) is 6.89. The van der Waals surface area contributed by atoms with Crippen molar-refractivity contribution in [3.8, 4) is 0 Å². The molecular formula is C14H17ClN2O3. The highest BCUT2D eigenvalue weighted by atomic mass is 35.5. The van der Waals surface area contributed by atoms with Gasteiger partial charge in [-0.1, -0.05) is 23.7 Å². The summed E-state index contributed by atoms with van der Waals surface area (Å²) in [6, 6.07) is 6.17. The zero-order chi connectivity index (χ0) is 14.5. The van der Waals surface area contributed by atoms with Crippen LogP contribution in [-0.4, -0.2) is 49.1 Å². The largest absolute Gasteiger partial charge is 0.378 e. The van der Waals surface area contributed by atoms with Crippen LogP contribution in [0, 0.1) is 0 Å². The highest BCUT2D eigenvalue weighted by Crippen LogP contribution is 2.14. The zero-order valence-electron chi connectivity index (χ0n) is 11.3. The molecule has 0 aromatic heterocycles. The lowest BCUT2D eigenvalue weighted by Gasteiger charge is -2.29. The molecule has 2 rings (SSSR count). The molecular weight excluding hydrogens is 280 g/mol. The summed E-state index contributed by atoms with van der Waals surface area (Å²) in [4.78, 5) is 25.9. The van der Waals surface area contributed by atoms with Crippen molar-refractivity contribution in [1.29, 1.82) is 0 Å². The van der Waals surface area contributed by atoms with Gasteiger partial charge in [0.15, 0.2) is 0 Å². The molecule has 1 aliphatic heterocycles. The molecule has 20 heavy (non-hydrogen) atoms. The van der Waals surface area contributed by atoms with Crippen molar-refractivity contribution in [2.45, 2.75) is 13.0 Å². The summed E-state index contributed by atoms with van der Waals surface area (Å²) in [5.74, 6) is -0.446. The zero-order valence-corrected chi connectivity index (χ0v) is 12.0. The Morgan fingerprint density at radius 1 is 1.30 bits per heavy atom. The lowest BCUT2D eigenvalue weighted by atomic mass is 10.2. The number of carbonyl (C=O) groups excluding carboxylic acids is 2. The predicted octanol–water partition coefficient (Wildman–Crippen LogP) is 1.32. The second-order valence-corrected chi connectivity index (χ2v) is 5.02. The fraction of sp³-hybridized carbons (Fsp3) is 0.429. The van der Waals surface area contributed by atoms with E-state index >= 15 is 0 Å². The molecule has 1 heterocycles. The van der Waals surface area contributed by atoms with Crippen LogP contribution >= 0.6 is 11.6 Å². The molecule has 0 bridgehead atoms. The van der Waals surface area contributed by atoms with Gasteiger partial charge in [-0.3, -0.25) is 9.59 Å². The number of hydrogen-bond acceptors (Lipinski definition) is 3. The molecule has 0 unspecified atom stereocenters. The summed E-state index contributed by atoms with van der Waals surface area (Å²) in [7, 11) is 0. The number of morpholine rings is 1. The van der Waals surface area contributed by atoms with Gasteiger partial charge in [0.05, 0.1) is 23.8 Å². The maximum atomic E-state index is 12.2. The number of carbonyl (C=O) groups is 2. The quantitative estimate of drug-likeness (QED) is 0.915. The van der Waals surface area contributed by atoms with Gasteiger partial charge in [0.1, 0.15) is 6.04 Å². The van der Waals surface area contributed by atoms with Crippen molar-refractivity contribution in [2.24, 2.45) is 0 Å². The number of ether oxygens (including phenoxy) is 1. The van der Waals surface area contributed by atoms with Crippen molar-refractivity contribution in [3.05, 3.63) is 34.9 Å². The Labute approximate surface area is 122 Å². The number of nitrogens with zero attached hydrogens (tertiary/aromatic N) is 1. The van der Waals surface area contributed by atoms with Crippen molar-refractivity contribution < 1.29 is 14.3 Å². The van der Waals surface area contributed by atoms with Crippen LogP contribution in [0.5, 0.6) is 0 Å². The molecule has 108 valence electrons. The van der Waals surface area contributed by atoms with Gasteiger partial charge >= 0.3 is 0 Å². The maximum absolute atomic E-state index is 12.2. The fourth-order valence-corrected chi connectivity index (χ4v) is 2.26. The second-order valence-electron chi connectivity index (χ2n) is 4.61. The standard InChI is InChI=1S/C14H17ClN2O3/c1-10(14(19)17-6-8-20-9-7-17)16-13(18)11-4-2-3-5-12(11)15/h2-5,10H,6-9H2,1H3,(H,16,18)/t10-/m0/s1. The summed E-state index contributed by atoms with van der Waals surface area (Å²) < 4.78 is 5.20. The third-order valence-electron chi connectivity index (χ3n) is 3.16. The van der Waals surface area contributed by atoms with E-state index in [1.165, 1.54) is 0 Å². The van der Waals surface area contributed by atoms with Gasteiger partial charge in [0.2, 0.25) is 5.91 Å². The van der Waals surface area contributed by atoms with Gasteiger partial charge in [-0.05, 0) is 19.1 Å². The van der Waals surface area contributed by atoms with Gasteiger partial charge in [0.25, 0.3) is 5.91 Å². The van der Waals surface area contributed by atoms with E-state index in [2.05, 4.69) is 5.32 Å². The Kier molecular flexibility index (Phi) is 4.98. The molecule has 0 spiro atoms. The van der Waals surface area contributed by atoms with E-state index in [1.807, 2.05) is 0 Å². The molecule has 1 fully saturated rings. The van der Waals surface area contributed by atoms with Crippen LogP contribution in [-0.2, 0) is 9.53 Å². The molecule has 1 aromatic carbocycles. The third kappa shape index (κ3) is 3.49. The fourth-order valence-electron chi connectivity index (χ4n) is 2.04. The van der Waals surface area contributed by atoms with E-state index < -0.39 is 6.04 Å². The van der Waals surface area contributed by atoms with Gasteiger partial charge in [-0.2, -0.15) is 0 Å². The van der Waals surface area contributed by atoms with E-state index in [9.17, 15) is 9.59 Å². The van der Waals surface area contributed by atoms with E-state index in [1.54, 1.807) is 36.1 Å². The molecule has 0 saturated carbocycles. The van der Waals surface area contributed by atoms with E-state index in [0.29, 0.717) is 36.9 Å². The van der Waals surface area contributed by atoms with Gasteiger partial charge < -0.3 is 15.0 Å². The van der Waals surface area contributed by atoms with Crippen molar-refractivity contribution in [1.82, 2.24) is 10.2 Å². The molecule has 1 N–H and O–H groups in total. The summed E-state index contributed by atoms with van der Waals surface area (Å²) in [6.45, 7) is 3.87. The summed E-state index contributed by atoms with van der Waals surface area (Å²) in [5.41, 5.74) is 0.371. The van der Waals surface area contributed by atoms with Gasteiger partial charge in [-0.25, -0.2) is 0 Å². The average molecular weight is 297 g/mol. The predicted molar refractivity (Wildman–Crippen MR) is 75.8 cm³/mol. The first kappa shape index (κ1) is 14.8. The Balaban J connectivity index is 1.97. The molecule has 1 saturated heterocycles. The Morgan fingerprint density at radius 2 is 1.95 bits per heavy atom. The highest BCUT2D eigenvalue weighted by molar-refractivity contribution is 6.33. The first-order valence-electron chi connectivity index (χ1n) is 6.51. The van der Waals surface area contributed by atoms with Crippen LogP contribution in [0.4, 0.5) is 0 Å². The average Bonchev–Trinajstić information content (AvgIpc) is 2.47. The Morgan fingerprint density at radius 3 is 2.60 bits per heavy atom. The van der Waals surface area contributed by atoms with E-state index in [4.69, 9.17) is 16.3 Å². The first-order chi connectivity index (χ1) is 9.59. The van der Waals surface area contributed by atoms with Gasteiger partial charge in [-0.15, -0.1) is 0 Å².